The fourth-order valence-corrected chi connectivity index (χ4v) is 1.86. The summed E-state index contributed by atoms with van der Waals surface area (Å²) in [5.74, 6) is 0.554. The quantitative estimate of drug-likeness (QED) is 0.708. The maximum absolute atomic E-state index is 11.6. The van der Waals surface area contributed by atoms with E-state index in [4.69, 9.17) is 4.74 Å². The molecule has 1 fully saturated rings. The highest BCUT2D eigenvalue weighted by Crippen LogP contribution is 2.22. The summed E-state index contributed by atoms with van der Waals surface area (Å²) in [6.07, 6.45) is 3.34. The van der Waals surface area contributed by atoms with Crippen molar-refractivity contribution in [3.63, 3.8) is 0 Å². The Bertz CT molecular complexity index is 324. The Hall–Kier alpha value is -1.32. The lowest BCUT2D eigenvalue weighted by molar-refractivity contribution is -0.121. The van der Waals surface area contributed by atoms with Crippen molar-refractivity contribution >= 4 is 11.9 Å². The molecule has 18 heavy (non-hydrogen) atoms. The normalized spacial score (nSPS) is 16.1. The minimum atomic E-state index is -0.456. The maximum atomic E-state index is 11.6. The van der Waals surface area contributed by atoms with Crippen LogP contribution in [0.15, 0.2) is 12.7 Å². The van der Waals surface area contributed by atoms with Crippen LogP contribution in [0, 0.1) is 5.92 Å². The number of amides is 1. The number of hydrogen-bond donors (Lipinski definition) is 0. The first-order valence-corrected chi connectivity index (χ1v) is 6.42. The molecule has 1 aliphatic rings. The van der Waals surface area contributed by atoms with E-state index in [1.165, 1.54) is 0 Å². The van der Waals surface area contributed by atoms with Crippen molar-refractivity contribution in [3.8, 4) is 0 Å². The Morgan fingerprint density at radius 3 is 2.50 bits per heavy atom. The third-order valence-corrected chi connectivity index (χ3v) is 2.75. The van der Waals surface area contributed by atoms with E-state index in [0.29, 0.717) is 31.8 Å². The summed E-state index contributed by atoms with van der Waals surface area (Å²) in [5, 5.41) is 0. The molecule has 0 saturated carbocycles. The van der Waals surface area contributed by atoms with Crippen LogP contribution in [0.3, 0.4) is 0 Å². The molecular formula is C14H23NO3. The number of nitrogens with zero attached hydrogens (tertiary/aromatic N) is 1. The molecule has 0 aliphatic carbocycles. The lowest BCUT2D eigenvalue weighted by Crippen LogP contribution is -2.52. The van der Waals surface area contributed by atoms with Gasteiger partial charge in [-0.25, -0.2) is 4.79 Å². The standard InChI is InChI=1S/C14H23NO3/c1-5-6-7-12(16)8-11-9-15(10-11)13(17)18-14(2,3)4/h5,11H,1,6-10H2,2-4H3. The minimum Gasteiger partial charge on any atom is -0.444 e. The van der Waals surface area contributed by atoms with Crippen LogP contribution < -0.4 is 0 Å². The highest BCUT2D eigenvalue weighted by atomic mass is 16.6. The molecule has 0 aromatic carbocycles. The molecule has 0 atom stereocenters. The van der Waals surface area contributed by atoms with Crippen LogP contribution in [0.2, 0.25) is 0 Å². The number of carbonyl (C=O) groups excluding carboxylic acids is 2. The SMILES string of the molecule is C=CCCC(=O)CC1CN(C(=O)OC(C)(C)C)C1. The lowest BCUT2D eigenvalue weighted by Gasteiger charge is -2.39. The second-order valence-corrected chi connectivity index (χ2v) is 5.82. The highest BCUT2D eigenvalue weighted by Gasteiger charge is 2.34. The molecular weight excluding hydrogens is 230 g/mol. The van der Waals surface area contributed by atoms with Gasteiger partial charge in [0.05, 0.1) is 0 Å². The number of ketones is 1. The van der Waals surface area contributed by atoms with Crippen molar-refractivity contribution < 1.29 is 14.3 Å². The molecule has 0 N–H and O–H groups in total. The van der Waals surface area contributed by atoms with Gasteiger partial charge in [0, 0.05) is 31.8 Å². The van der Waals surface area contributed by atoms with Gasteiger partial charge < -0.3 is 9.64 Å². The summed E-state index contributed by atoms with van der Waals surface area (Å²) in [4.78, 5) is 24.8. The largest absolute Gasteiger partial charge is 0.444 e. The van der Waals surface area contributed by atoms with Crippen molar-refractivity contribution in [2.24, 2.45) is 5.92 Å². The molecule has 1 heterocycles. The average Bonchev–Trinajstić information content (AvgIpc) is 2.16. The van der Waals surface area contributed by atoms with Crippen LogP contribution in [-0.4, -0.2) is 35.5 Å². The number of allylic oxidation sites excluding steroid dienone is 1. The van der Waals surface area contributed by atoms with E-state index in [1.54, 1.807) is 11.0 Å². The molecule has 0 bridgehead atoms. The van der Waals surface area contributed by atoms with Gasteiger partial charge in [-0.1, -0.05) is 6.08 Å². The van der Waals surface area contributed by atoms with E-state index in [0.717, 1.165) is 6.42 Å². The van der Waals surface area contributed by atoms with Gasteiger partial charge in [-0.3, -0.25) is 4.79 Å². The molecule has 1 rings (SSSR count). The van der Waals surface area contributed by atoms with E-state index in [9.17, 15) is 9.59 Å². The lowest BCUT2D eigenvalue weighted by atomic mass is 9.93. The predicted octanol–water partition coefficient (Wildman–Crippen LogP) is 2.78. The van der Waals surface area contributed by atoms with Crippen LogP contribution in [0.25, 0.3) is 0 Å². The van der Waals surface area contributed by atoms with Crippen LogP contribution in [0.4, 0.5) is 4.79 Å². The molecule has 1 saturated heterocycles. The van der Waals surface area contributed by atoms with Gasteiger partial charge in [-0.2, -0.15) is 0 Å². The highest BCUT2D eigenvalue weighted by molar-refractivity contribution is 5.79. The van der Waals surface area contributed by atoms with E-state index in [1.807, 2.05) is 20.8 Å². The van der Waals surface area contributed by atoms with Crippen molar-refractivity contribution in [2.45, 2.75) is 45.6 Å². The fourth-order valence-electron chi connectivity index (χ4n) is 1.86. The first kappa shape index (κ1) is 14.7. The summed E-state index contributed by atoms with van der Waals surface area (Å²) in [6.45, 7) is 10.4. The number of hydrogen-bond acceptors (Lipinski definition) is 3. The summed E-state index contributed by atoms with van der Waals surface area (Å²) in [7, 11) is 0. The Balaban J connectivity index is 2.21. The second kappa shape index (κ2) is 6.03. The summed E-state index contributed by atoms with van der Waals surface area (Å²) < 4.78 is 5.25. The Labute approximate surface area is 109 Å². The molecule has 0 aromatic rings. The molecule has 0 unspecified atom stereocenters. The van der Waals surface area contributed by atoms with E-state index >= 15 is 0 Å². The molecule has 0 radical (unpaired) electrons. The molecule has 4 nitrogen and oxygen atoms in total. The van der Waals surface area contributed by atoms with Crippen LogP contribution in [0.1, 0.15) is 40.0 Å². The van der Waals surface area contributed by atoms with Gasteiger partial charge in [0.25, 0.3) is 0 Å². The number of Topliss-reactive ketones (excluding diaryl/α,β-unsaturated/α-hetero) is 1. The van der Waals surface area contributed by atoms with E-state index in [2.05, 4.69) is 6.58 Å². The molecule has 0 spiro atoms. The first-order chi connectivity index (χ1) is 8.31. The first-order valence-electron chi connectivity index (χ1n) is 6.42. The zero-order valence-corrected chi connectivity index (χ0v) is 11.6. The molecule has 1 amide bonds. The van der Waals surface area contributed by atoms with Gasteiger partial charge in [0.1, 0.15) is 11.4 Å². The van der Waals surface area contributed by atoms with Gasteiger partial charge >= 0.3 is 6.09 Å². The van der Waals surface area contributed by atoms with Gasteiger partial charge in [0.2, 0.25) is 0 Å². The van der Waals surface area contributed by atoms with Crippen molar-refractivity contribution in [1.82, 2.24) is 4.90 Å². The zero-order valence-electron chi connectivity index (χ0n) is 11.6. The average molecular weight is 253 g/mol. The van der Waals surface area contributed by atoms with Crippen LogP contribution in [0.5, 0.6) is 0 Å². The summed E-state index contributed by atoms with van der Waals surface area (Å²) in [5.41, 5.74) is -0.456. The zero-order chi connectivity index (χ0) is 13.8. The number of carbonyl (C=O) groups is 2. The number of likely N-dealkylation sites (tertiary alicyclic amines) is 1. The van der Waals surface area contributed by atoms with Gasteiger partial charge in [0.15, 0.2) is 0 Å². The third-order valence-electron chi connectivity index (χ3n) is 2.75. The molecule has 102 valence electrons. The minimum absolute atomic E-state index is 0.253. The summed E-state index contributed by atoms with van der Waals surface area (Å²) >= 11 is 0. The Morgan fingerprint density at radius 2 is 2.00 bits per heavy atom. The van der Waals surface area contributed by atoms with Crippen molar-refractivity contribution in [3.05, 3.63) is 12.7 Å². The second-order valence-electron chi connectivity index (χ2n) is 5.82. The molecule has 4 heteroatoms. The third kappa shape index (κ3) is 4.90. The van der Waals surface area contributed by atoms with Gasteiger partial charge in [-0.05, 0) is 27.2 Å². The molecule has 1 aliphatic heterocycles. The smallest absolute Gasteiger partial charge is 0.410 e. The Kier molecular flexibility index (Phi) is 4.93. The topological polar surface area (TPSA) is 46.6 Å². The summed E-state index contributed by atoms with van der Waals surface area (Å²) in [6, 6.07) is 0. The number of rotatable bonds is 5. The van der Waals surface area contributed by atoms with Crippen LogP contribution in [-0.2, 0) is 9.53 Å². The monoisotopic (exact) mass is 253 g/mol. The van der Waals surface area contributed by atoms with E-state index in [-0.39, 0.29) is 11.9 Å². The molecule has 0 aromatic heterocycles. The van der Waals surface area contributed by atoms with E-state index < -0.39 is 5.60 Å². The van der Waals surface area contributed by atoms with Crippen molar-refractivity contribution in [1.29, 1.82) is 0 Å². The Morgan fingerprint density at radius 1 is 1.39 bits per heavy atom. The predicted molar refractivity (Wildman–Crippen MR) is 70.4 cm³/mol. The van der Waals surface area contributed by atoms with Crippen LogP contribution >= 0.6 is 0 Å². The van der Waals surface area contributed by atoms with Crippen molar-refractivity contribution in [2.75, 3.05) is 13.1 Å². The fraction of sp³-hybridized carbons (Fsp3) is 0.714. The number of ether oxygens (including phenoxy) is 1. The van der Waals surface area contributed by atoms with Gasteiger partial charge in [-0.15, -0.1) is 6.58 Å². The maximum Gasteiger partial charge on any atom is 0.410 e.